The number of rotatable bonds is 7. The number of hydrogen-bond donors (Lipinski definition) is 3. The first-order chi connectivity index (χ1) is 12.9. The van der Waals surface area contributed by atoms with E-state index in [2.05, 4.69) is 32.8 Å². The van der Waals surface area contributed by atoms with Crippen LogP contribution in [0.2, 0.25) is 0 Å². The molecule has 27 heavy (non-hydrogen) atoms. The van der Waals surface area contributed by atoms with Crippen LogP contribution < -0.4 is 16.0 Å². The fourth-order valence-corrected chi connectivity index (χ4v) is 3.06. The molecule has 1 fully saturated rings. The summed E-state index contributed by atoms with van der Waals surface area (Å²) >= 11 is 0. The Morgan fingerprint density at radius 2 is 1.89 bits per heavy atom. The average molecular weight is 376 g/mol. The van der Waals surface area contributed by atoms with Gasteiger partial charge in [-0.3, -0.25) is 4.79 Å². The zero-order valence-corrected chi connectivity index (χ0v) is 17.0. The zero-order chi connectivity index (χ0) is 19.8. The lowest BCUT2D eigenvalue weighted by molar-refractivity contribution is 0.0956. The molecule has 1 aliphatic heterocycles. The van der Waals surface area contributed by atoms with E-state index >= 15 is 0 Å². The molecule has 3 N–H and O–H groups in total. The number of carbonyl (C=O) groups is 2. The number of hydrogen-bond acceptors (Lipinski definition) is 4. The van der Waals surface area contributed by atoms with Crippen molar-refractivity contribution in [2.24, 2.45) is 0 Å². The Kier molecular flexibility index (Phi) is 8.06. The predicted molar refractivity (Wildman–Crippen MR) is 109 cm³/mol. The van der Waals surface area contributed by atoms with Crippen LogP contribution in [0.3, 0.4) is 0 Å². The molecule has 3 amide bonds. The van der Waals surface area contributed by atoms with Crippen molar-refractivity contribution in [2.75, 3.05) is 51.6 Å². The van der Waals surface area contributed by atoms with Gasteiger partial charge in [-0.25, -0.2) is 4.79 Å². The molecule has 150 valence electrons. The van der Waals surface area contributed by atoms with E-state index in [1.54, 1.807) is 12.1 Å². The number of aryl methyl sites for hydroxylation is 1. The van der Waals surface area contributed by atoms with Gasteiger partial charge in [0, 0.05) is 56.6 Å². The molecule has 1 atom stereocenters. The van der Waals surface area contributed by atoms with Gasteiger partial charge in [0.15, 0.2) is 0 Å². The van der Waals surface area contributed by atoms with Crippen molar-refractivity contribution >= 4 is 17.6 Å². The molecule has 1 heterocycles. The lowest BCUT2D eigenvalue weighted by atomic mass is 10.1. The van der Waals surface area contributed by atoms with Gasteiger partial charge >= 0.3 is 6.03 Å². The Hall–Kier alpha value is -2.12. The molecule has 7 nitrogen and oxygen atoms in total. The third-order valence-corrected chi connectivity index (χ3v) is 4.94. The van der Waals surface area contributed by atoms with E-state index in [1.165, 1.54) is 0 Å². The summed E-state index contributed by atoms with van der Waals surface area (Å²) in [6.45, 7) is 11.7. The molecule has 0 unspecified atom stereocenters. The second-order valence-electron chi connectivity index (χ2n) is 7.32. The van der Waals surface area contributed by atoms with E-state index in [9.17, 15) is 9.59 Å². The number of urea groups is 1. The van der Waals surface area contributed by atoms with E-state index in [4.69, 9.17) is 0 Å². The minimum absolute atomic E-state index is 0.0801. The first-order valence-corrected chi connectivity index (χ1v) is 9.76. The van der Waals surface area contributed by atoms with Crippen molar-refractivity contribution in [1.82, 2.24) is 20.4 Å². The molecule has 1 aromatic rings. The monoisotopic (exact) mass is 375 g/mol. The Morgan fingerprint density at radius 1 is 1.19 bits per heavy atom. The van der Waals surface area contributed by atoms with Crippen LogP contribution in [-0.2, 0) is 0 Å². The lowest BCUT2D eigenvalue weighted by Crippen LogP contribution is -2.46. The molecule has 0 aromatic heterocycles. The van der Waals surface area contributed by atoms with Gasteiger partial charge in [-0.15, -0.1) is 0 Å². The van der Waals surface area contributed by atoms with Crippen LogP contribution in [0, 0.1) is 6.92 Å². The summed E-state index contributed by atoms with van der Waals surface area (Å²) in [7, 11) is 2.15. The van der Waals surface area contributed by atoms with Gasteiger partial charge in [0.2, 0.25) is 0 Å². The lowest BCUT2D eigenvalue weighted by Gasteiger charge is -2.32. The molecule has 1 saturated heterocycles. The minimum atomic E-state index is -0.239. The Balaban J connectivity index is 1.82. The number of nitrogens with zero attached hydrogens (tertiary/aromatic N) is 2. The number of likely N-dealkylation sites (N-methyl/N-ethyl adjacent to an activating group) is 1. The molecule has 0 saturated carbocycles. The van der Waals surface area contributed by atoms with Crippen LogP contribution in [-0.4, -0.2) is 74.1 Å². The summed E-state index contributed by atoms with van der Waals surface area (Å²) in [6, 6.07) is 5.17. The van der Waals surface area contributed by atoms with Crippen LogP contribution in [0.4, 0.5) is 10.5 Å². The normalized spacial score (nSPS) is 16.6. The van der Waals surface area contributed by atoms with E-state index in [1.807, 2.05) is 26.8 Å². The van der Waals surface area contributed by atoms with Crippen LogP contribution in [0.1, 0.15) is 36.2 Å². The van der Waals surface area contributed by atoms with Gasteiger partial charge in [-0.2, -0.15) is 0 Å². The van der Waals surface area contributed by atoms with Crippen molar-refractivity contribution in [3.8, 4) is 0 Å². The minimum Gasteiger partial charge on any atom is -0.352 e. The fourth-order valence-electron chi connectivity index (χ4n) is 3.06. The molecule has 1 aliphatic rings. The van der Waals surface area contributed by atoms with Gasteiger partial charge in [0.05, 0.1) is 0 Å². The largest absolute Gasteiger partial charge is 0.352 e. The Labute approximate surface area is 162 Å². The molecule has 0 radical (unpaired) electrons. The summed E-state index contributed by atoms with van der Waals surface area (Å²) in [6.07, 6.45) is 0.912. The van der Waals surface area contributed by atoms with E-state index < -0.39 is 0 Å². The van der Waals surface area contributed by atoms with Gasteiger partial charge in [0.1, 0.15) is 0 Å². The van der Waals surface area contributed by atoms with E-state index in [0.717, 1.165) is 44.7 Å². The summed E-state index contributed by atoms with van der Waals surface area (Å²) < 4.78 is 0. The van der Waals surface area contributed by atoms with Crippen LogP contribution in [0.5, 0.6) is 0 Å². The third kappa shape index (κ3) is 6.84. The highest BCUT2D eigenvalue weighted by Gasteiger charge is 2.16. The standard InChI is InChI=1S/C20H33N5O2/c1-5-21-19(26)17-7-6-15(2)18(14-17)23-20(27)22-16(3)8-9-25-12-10-24(4)11-13-25/h6-7,14,16H,5,8-13H2,1-4H3,(H,21,26)(H2,22,23,27)/t16-/m0/s1. The van der Waals surface area contributed by atoms with Crippen molar-refractivity contribution in [3.05, 3.63) is 29.3 Å². The Bertz CT molecular complexity index is 641. The highest BCUT2D eigenvalue weighted by atomic mass is 16.2. The molecule has 1 aromatic carbocycles. The molecular formula is C20H33N5O2. The molecule has 2 rings (SSSR count). The summed E-state index contributed by atoms with van der Waals surface area (Å²) in [4.78, 5) is 29.1. The highest BCUT2D eigenvalue weighted by molar-refractivity contribution is 5.97. The van der Waals surface area contributed by atoms with Crippen molar-refractivity contribution in [1.29, 1.82) is 0 Å². The number of amides is 3. The topological polar surface area (TPSA) is 76.7 Å². The van der Waals surface area contributed by atoms with E-state index in [-0.39, 0.29) is 18.0 Å². The number of benzene rings is 1. The molecule has 0 aliphatic carbocycles. The summed E-state index contributed by atoms with van der Waals surface area (Å²) in [5.41, 5.74) is 2.12. The van der Waals surface area contributed by atoms with Gasteiger partial charge in [-0.05, 0) is 51.9 Å². The van der Waals surface area contributed by atoms with Crippen LogP contribution in [0.15, 0.2) is 18.2 Å². The fraction of sp³-hybridized carbons (Fsp3) is 0.600. The number of carbonyl (C=O) groups excluding carboxylic acids is 2. The highest BCUT2D eigenvalue weighted by Crippen LogP contribution is 2.17. The Morgan fingerprint density at radius 3 is 2.56 bits per heavy atom. The maximum Gasteiger partial charge on any atom is 0.319 e. The second kappa shape index (κ2) is 10.3. The van der Waals surface area contributed by atoms with Crippen molar-refractivity contribution in [3.63, 3.8) is 0 Å². The zero-order valence-electron chi connectivity index (χ0n) is 17.0. The maximum atomic E-state index is 12.3. The number of anilines is 1. The first-order valence-electron chi connectivity index (χ1n) is 9.76. The summed E-state index contributed by atoms with van der Waals surface area (Å²) in [5.74, 6) is -0.137. The molecule has 0 bridgehead atoms. The van der Waals surface area contributed by atoms with Crippen LogP contribution >= 0.6 is 0 Å². The first kappa shape index (κ1) is 21.2. The maximum absolute atomic E-state index is 12.3. The van der Waals surface area contributed by atoms with Crippen molar-refractivity contribution in [2.45, 2.75) is 33.2 Å². The van der Waals surface area contributed by atoms with Gasteiger partial charge < -0.3 is 25.8 Å². The number of nitrogens with one attached hydrogen (secondary N) is 3. The predicted octanol–water partition coefficient (Wildman–Crippen LogP) is 1.89. The SMILES string of the molecule is CCNC(=O)c1ccc(C)c(NC(=O)N[C@@H](C)CCN2CCN(C)CC2)c1. The van der Waals surface area contributed by atoms with Gasteiger partial charge in [-0.1, -0.05) is 6.07 Å². The van der Waals surface area contributed by atoms with Crippen molar-refractivity contribution < 1.29 is 9.59 Å². The van der Waals surface area contributed by atoms with E-state index in [0.29, 0.717) is 17.8 Å². The molecule has 7 heteroatoms. The smallest absolute Gasteiger partial charge is 0.319 e. The van der Waals surface area contributed by atoms with Gasteiger partial charge in [0.25, 0.3) is 5.91 Å². The third-order valence-electron chi connectivity index (χ3n) is 4.94. The number of piperazine rings is 1. The molecular weight excluding hydrogens is 342 g/mol. The second-order valence-corrected chi connectivity index (χ2v) is 7.32. The molecule has 0 spiro atoms. The average Bonchev–Trinajstić information content (AvgIpc) is 2.63. The summed E-state index contributed by atoms with van der Waals surface area (Å²) in [5, 5.41) is 8.63. The van der Waals surface area contributed by atoms with Crippen LogP contribution in [0.25, 0.3) is 0 Å². The quantitative estimate of drug-likeness (QED) is 0.680.